The van der Waals surface area contributed by atoms with Crippen molar-refractivity contribution in [3.8, 4) is 0 Å². The van der Waals surface area contributed by atoms with Crippen LogP contribution < -0.4 is 5.32 Å². The van der Waals surface area contributed by atoms with Gasteiger partial charge in [0, 0.05) is 32.4 Å². The highest BCUT2D eigenvalue weighted by Gasteiger charge is 2.26. The van der Waals surface area contributed by atoms with Crippen LogP contribution in [0.1, 0.15) is 36.8 Å². The highest BCUT2D eigenvalue weighted by Crippen LogP contribution is 2.15. The number of rotatable bonds is 5. The SMILES string of the molecule is CCc1ncccc1C(=O)NCCN1CCOC(C)(C)C1. The first-order valence-electron chi connectivity index (χ1n) is 7.60. The Balaban J connectivity index is 1.82. The van der Waals surface area contributed by atoms with Crippen molar-refractivity contribution in [2.75, 3.05) is 32.8 Å². The molecule has 0 saturated carbocycles. The normalized spacial score (nSPS) is 18.4. The summed E-state index contributed by atoms with van der Waals surface area (Å²) in [6, 6.07) is 3.64. The molecule has 1 aliphatic rings. The van der Waals surface area contributed by atoms with Crippen molar-refractivity contribution in [1.29, 1.82) is 0 Å². The molecule has 5 nitrogen and oxygen atoms in total. The Hall–Kier alpha value is -1.46. The summed E-state index contributed by atoms with van der Waals surface area (Å²) in [5, 5.41) is 2.99. The summed E-state index contributed by atoms with van der Waals surface area (Å²) in [5.41, 5.74) is 1.44. The zero-order chi connectivity index (χ0) is 15.3. The number of hydrogen-bond donors (Lipinski definition) is 1. The Morgan fingerprint density at radius 2 is 2.33 bits per heavy atom. The number of morpholine rings is 1. The molecular formula is C16H25N3O2. The fourth-order valence-electron chi connectivity index (χ4n) is 2.65. The topological polar surface area (TPSA) is 54.5 Å². The van der Waals surface area contributed by atoms with Crippen LogP contribution in [0, 0.1) is 0 Å². The maximum Gasteiger partial charge on any atom is 0.253 e. The van der Waals surface area contributed by atoms with Crippen molar-refractivity contribution < 1.29 is 9.53 Å². The van der Waals surface area contributed by atoms with E-state index in [2.05, 4.69) is 29.0 Å². The van der Waals surface area contributed by atoms with Gasteiger partial charge in [-0.2, -0.15) is 0 Å². The Bertz CT molecular complexity index is 488. The second kappa shape index (κ2) is 7.00. The van der Waals surface area contributed by atoms with Crippen LogP contribution in [0.15, 0.2) is 18.3 Å². The molecule has 0 bridgehead atoms. The third-order valence-electron chi connectivity index (χ3n) is 3.69. The molecule has 0 aromatic carbocycles. The first-order chi connectivity index (χ1) is 10.0. The summed E-state index contributed by atoms with van der Waals surface area (Å²) >= 11 is 0. The van der Waals surface area contributed by atoms with Crippen LogP contribution in [-0.2, 0) is 11.2 Å². The maximum atomic E-state index is 12.2. The summed E-state index contributed by atoms with van der Waals surface area (Å²) in [5.74, 6) is -0.0348. The molecule has 0 spiro atoms. The van der Waals surface area contributed by atoms with Gasteiger partial charge in [-0.3, -0.25) is 14.7 Å². The first kappa shape index (κ1) is 15.9. The van der Waals surface area contributed by atoms with Crippen LogP contribution in [-0.4, -0.2) is 54.2 Å². The minimum atomic E-state index is -0.0962. The molecule has 1 N–H and O–H groups in total. The van der Waals surface area contributed by atoms with E-state index in [1.165, 1.54) is 0 Å². The van der Waals surface area contributed by atoms with Gasteiger partial charge in [0.15, 0.2) is 0 Å². The van der Waals surface area contributed by atoms with Crippen LogP contribution in [0.25, 0.3) is 0 Å². The molecule has 0 atom stereocenters. The molecule has 5 heteroatoms. The number of hydrogen-bond acceptors (Lipinski definition) is 4. The van der Waals surface area contributed by atoms with Gasteiger partial charge in [0.25, 0.3) is 5.91 Å². The molecule has 116 valence electrons. The fraction of sp³-hybridized carbons (Fsp3) is 0.625. The zero-order valence-electron chi connectivity index (χ0n) is 13.2. The lowest BCUT2D eigenvalue weighted by Gasteiger charge is -2.38. The number of aryl methyl sites for hydroxylation is 1. The molecular weight excluding hydrogens is 266 g/mol. The number of nitrogens with zero attached hydrogens (tertiary/aromatic N) is 2. The van der Waals surface area contributed by atoms with Gasteiger partial charge in [-0.25, -0.2) is 0 Å². The summed E-state index contributed by atoms with van der Waals surface area (Å²) in [6.07, 6.45) is 2.49. The largest absolute Gasteiger partial charge is 0.373 e. The van der Waals surface area contributed by atoms with Gasteiger partial charge >= 0.3 is 0 Å². The van der Waals surface area contributed by atoms with Crippen LogP contribution in [0.5, 0.6) is 0 Å². The third-order valence-corrected chi connectivity index (χ3v) is 3.69. The summed E-state index contributed by atoms with van der Waals surface area (Å²) < 4.78 is 5.69. The lowest BCUT2D eigenvalue weighted by atomic mass is 10.1. The molecule has 21 heavy (non-hydrogen) atoms. The number of aromatic nitrogens is 1. The summed E-state index contributed by atoms with van der Waals surface area (Å²) in [4.78, 5) is 18.8. The van der Waals surface area contributed by atoms with Crippen LogP contribution >= 0.6 is 0 Å². The van der Waals surface area contributed by atoms with Crippen molar-refractivity contribution in [2.24, 2.45) is 0 Å². The molecule has 2 rings (SSSR count). The monoisotopic (exact) mass is 291 g/mol. The van der Waals surface area contributed by atoms with Gasteiger partial charge in [-0.05, 0) is 32.4 Å². The predicted molar refractivity (Wildman–Crippen MR) is 82.4 cm³/mol. The van der Waals surface area contributed by atoms with E-state index in [0.29, 0.717) is 12.1 Å². The first-order valence-corrected chi connectivity index (χ1v) is 7.60. The van der Waals surface area contributed by atoms with Crippen molar-refractivity contribution in [1.82, 2.24) is 15.2 Å². The highest BCUT2D eigenvalue weighted by atomic mass is 16.5. The lowest BCUT2D eigenvalue weighted by Crippen LogP contribution is -2.50. The number of amides is 1. The zero-order valence-corrected chi connectivity index (χ0v) is 13.2. The minimum absolute atomic E-state index is 0.0348. The van der Waals surface area contributed by atoms with E-state index in [1.807, 2.05) is 13.0 Å². The predicted octanol–water partition coefficient (Wildman–Crippen LogP) is 1.48. The van der Waals surface area contributed by atoms with E-state index in [0.717, 1.165) is 38.4 Å². The smallest absolute Gasteiger partial charge is 0.253 e. The van der Waals surface area contributed by atoms with Gasteiger partial charge in [0.2, 0.25) is 0 Å². The fourth-order valence-corrected chi connectivity index (χ4v) is 2.65. The highest BCUT2D eigenvalue weighted by molar-refractivity contribution is 5.95. The molecule has 0 aliphatic carbocycles. The lowest BCUT2D eigenvalue weighted by molar-refractivity contribution is -0.0853. The number of ether oxygens (including phenoxy) is 1. The molecule has 1 saturated heterocycles. The van der Waals surface area contributed by atoms with Gasteiger partial charge in [0.05, 0.1) is 23.5 Å². The maximum absolute atomic E-state index is 12.2. The molecule has 1 aromatic rings. The van der Waals surface area contributed by atoms with Crippen LogP contribution in [0.2, 0.25) is 0 Å². The van der Waals surface area contributed by atoms with Crippen molar-refractivity contribution in [3.05, 3.63) is 29.6 Å². The number of carbonyl (C=O) groups excluding carboxylic acids is 1. The van der Waals surface area contributed by atoms with E-state index < -0.39 is 0 Å². The third kappa shape index (κ3) is 4.51. The Morgan fingerprint density at radius 1 is 1.52 bits per heavy atom. The van der Waals surface area contributed by atoms with Crippen molar-refractivity contribution >= 4 is 5.91 Å². The van der Waals surface area contributed by atoms with E-state index in [-0.39, 0.29) is 11.5 Å². The quantitative estimate of drug-likeness (QED) is 0.893. The van der Waals surface area contributed by atoms with Gasteiger partial charge in [-0.15, -0.1) is 0 Å². The molecule has 1 fully saturated rings. The summed E-state index contributed by atoms with van der Waals surface area (Å²) in [7, 11) is 0. The Labute approximate surface area is 126 Å². The van der Waals surface area contributed by atoms with Crippen LogP contribution in [0.3, 0.4) is 0 Å². The van der Waals surface area contributed by atoms with E-state index in [1.54, 1.807) is 12.3 Å². The molecule has 1 aromatic heterocycles. The number of carbonyl (C=O) groups is 1. The number of nitrogens with one attached hydrogen (secondary N) is 1. The molecule has 1 amide bonds. The Morgan fingerprint density at radius 3 is 3.05 bits per heavy atom. The number of pyridine rings is 1. The van der Waals surface area contributed by atoms with Crippen molar-refractivity contribution in [3.63, 3.8) is 0 Å². The minimum Gasteiger partial charge on any atom is -0.373 e. The average Bonchev–Trinajstić information content (AvgIpc) is 2.46. The molecule has 0 unspecified atom stereocenters. The summed E-state index contributed by atoms with van der Waals surface area (Å²) in [6.45, 7) is 10.3. The van der Waals surface area contributed by atoms with Gasteiger partial charge in [-0.1, -0.05) is 6.92 Å². The van der Waals surface area contributed by atoms with E-state index in [9.17, 15) is 4.79 Å². The van der Waals surface area contributed by atoms with Gasteiger partial charge < -0.3 is 10.1 Å². The van der Waals surface area contributed by atoms with Crippen LogP contribution in [0.4, 0.5) is 0 Å². The van der Waals surface area contributed by atoms with E-state index >= 15 is 0 Å². The van der Waals surface area contributed by atoms with Crippen molar-refractivity contribution in [2.45, 2.75) is 32.8 Å². The second-order valence-corrected chi connectivity index (χ2v) is 5.99. The van der Waals surface area contributed by atoms with E-state index in [4.69, 9.17) is 4.74 Å². The van der Waals surface area contributed by atoms with Gasteiger partial charge in [0.1, 0.15) is 0 Å². The second-order valence-electron chi connectivity index (χ2n) is 5.99. The Kier molecular flexibility index (Phi) is 5.31. The average molecular weight is 291 g/mol. The molecule has 2 heterocycles. The molecule has 1 aliphatic heterocycles. The standard InChI is InChI=1S/C16H25N3O2/c1-4-14-13(6-5-7-17-14)15(20)18-8-9-19-10-11-21-16(2,3)12-19/h5-7H,4,8-12H2,1-3H3,(H,18,20). The molecule has 0 radical (unpaired) electrons.